The molecule has 2 aromatic rings. The summed E-state index contributed by atoms with van der Waals surface area (Å²) in [5, 5.41) is 0. The Morgan fingerprint density at radius 2 is 1.70 bits per heavy atom. The van der Waals surface area contributed by atoms with Gasteiger partial charge in [0.05, 0.1) is 16.9 Å². The van der Waals surface area contributed by atoms with Gasteiger partial charge in [-0.3, -0.25) is 4.79 Å². The van der Waals surface area contributed by atoms with Crippen molar-refractivity contribution in [2.75, 3.05) is 22.9 Å². The average molecular weight is 375 g/mol. The highest BCUT2D eigenvalue weighted by Crippen LogP contribution is 2.43. The van der Waals surface area contributed by atoms with Crippen LogP contribution in [0.15, 0.2) is 48.5 Å². The minimum Gasteiger partial charge on any atom is -0.369 e. The SMILES string of the molecule is NC(=O)[C@H]1CCN2c3ccccc3N(c3ccc(C(F)(F)F)cc3)C[C@@H]2C1. The second-order valence-electron chi connectivity index (χ2n) is 7.11. The summed E-state index contributed by atoms with van der Waals surface area (Å²) < 4.78 is 38.6. The number of carbonyl (C=O) groups excluding carboxylic acids is 1. The molecule has 0 radical (unpaired) electrons. The lowest BCUT2D eigenvalue weighted by Gasteiger charge is -2.48. The number of amides is 1. The van der Waals surface area contributed by atoms with Crippen molar-refractivity contribution in [2.24, 2.45) is 11.7 Å². The van der Waals surface area contributed by atoms with E-state index in [0.717, 1.165) is 36.5 Å². The van der Waals surface area contributed by atoms with E-state index in [1.165, 1.54) is 12.1 Å². The summed E-state index contributed by atoms with van der Waals surface area (Å²) in [5.41, 5.74) is 7.55. The Balaban J connectivity index is 1.69. The van der Waals surface area contributed by atoms with E-state index in [4.69, 9.17) is 5.73 Å². The average Bonchev–Trinajstić information content (AvgIpc) is 2.66. The number of nitrogens with zero attached hydrogens (tertiary/aromatic N) is 2. The van der Waals surface area contributed by atoms with Gasteiger partial charge < -0.3 is 15.5 Å². The Bertz CT molecular complexity index is 850. The molecule has 4 rings (SSSR count). The molecule has 142 valence electrons. The van der Waals surface area contributed by atoms with Crippen LogP contribution in [0.2, 0.25) is 0 Å². The molecule has 0 saturated carbocycles. The molecule has 4 nitrogen and oxygen atoms in total. The minimum atomic E-state index is -4.35. The number of nitrogens with two attached hydrogens (primary N) is 1. The lowest BCUT2D eigenvalue weighted by Crippen LogP contribution is -2.53. The maximum atomic E-state index is 12.9. The van der Waals surface area contributed by atoms with E-state index < -0.39 is 11.7 Å². The first-order valence-corrected chi connectivity index (χ1v) is 8.94. The number of carbonyl (C=O) groups is 1. The second-order valence-corrected chi connectivity index (χ2v) is 7.11. The van der Waals surface area contributed by atoms with Crippen molar-refractivity contribution in [3.8, 4) is 0 Å². The van der Waals surface area contributed by atoms with Crippen LogP contribution in [0.25, 0.3) is 0 Å². The monoisotopic (exact) mass is 375 g/mol. The van der Waals surface area contributed by atoms with Crippen LogP contribution in [0.1, 0.15) is 18.4 Å². The highest BCUT2D eigenvalue weighted by Gasteiger charge is 2.38. The van der Waals surface area contributed by atoms with Gasteiger partial charge >= 0.3 is 6.18 Å². The second kappa shape index (κ2) is 6.48. The molecule has 0 unspecified atom stereocenters. The van der Waals surface area contributed by atoms with Crippen LogP contribution >= 0.6 is 0 Å². The predicted molar refractivity (Wildman–Crippen MR) is 97.9 cm³/mol. The zero-order chi connectivity index (χ0) is 19.2. The summed E-state index contributed by atoms with van der Waals surface area (Å²) in [7, 11) is 0. The Morgan fingerprint density at radius 1 is 1.04 bits per heavy atom. The molecule has 2 N–H and O–H groups in total. The number of hydrogen-bond acceptors (Lipinski definition) is 3. The number of primary amides is 1. The number of hydrogen-bond donors (Lipinski definition) is 1. The molecule has 0 spiro atoms. The zero-order valence-corrected chi connectivity index (χ0v) is 14.6. The first kappa shape index (κ1) is 17.7. The molecule has 2 aromatic carbocycles. The smallest absolute Gasteiger partial charge is 0.369 e. The number of para-hydroxylation sites is 2. The molecule has 0 bridgehead atoms. The quantitative estimate of drug-likeness (QED) is 0.865. The fraction of sp³-hybridized carbons (Fsp3) is 0.350. The number of alkyl halides is 3. The van der Waals surface area contributed by atoms with E-state index in [0.29, 0.717) is 18.7 Å². The number of piperidine rings is 1. The number of benzene rings is 2. The fourth-order valence-electron chi connectivity index (χ4n) is 4.12. The maximum Gasteiger partial charge on any atom is 0.416 e. The van der Waals surface area contributed by atoms with Gasteiger partial charge in [0, 0.05) is 30.7 Å². The number of rotatable bonds is 2. The first-order valence-electron chi connectivity index (χ1n) is 8.94. The zero-order valence-electron chi connectivity index (χ0n) is 14.6. The maximum absolute atomic E-state index is 12.9. The van der Waals surface area contributed by atoms with Gasteiger partial charge in [0.1, 0.15) is 0 Å². The van der Waals surface area contributed by atoms with Crippen LogP contribution in [-0.2, 0) is 11.0 Å². The van der Waals surface area contributed by atoms with E-state index in [1.807, 2.05) is 29.2 Å². The van der Waals surface area contributed by atoms with Crippen molar-refractivity contribution in [3.63, 3.8) is 0 Å². The molecule has 2 heterocycles. The first-order chi connectivity index (χ1) is 12.8. The van der Waals surface area contributed by atoms with Gasteiger partial charge in [0.25, 0.3) is 0 Å². The topological polar surface area (TPSA) is 49.6 Å². The molecular weight excluding hydrogens is 355 g/mol. The normalized spacial score (nSPS) is 22.2. The van der Waals surface area contributed by atoms with Crippen LogP contribution in [-0.4, -0.2) is 25.0 Å². The summed E-state index contributed by atoms with van der Waals surface area (Å²) in [6.45, 7) is 1.35. The van der Waals surface area contributed by atoms with Crippen molar-refractivity contribution < 1.29 is 18.0 Å². The molecule has 0 aromatic heterocycles. The Kier molecular flexibility index (Phi) is 4.25. The molecule has 2 aliphatic rings. The fourth-order valence-corrected chi connectivity index (χ4v) is 4.12. The van der Waals surface area contributed by atoms with E-state index >= 15 is 0 Å². The van der Waals surface area contributed by atoms with Crippen LogP contribution in [0.3, 0.4) is 0 Å². The van der Waals surface area contributed by atoms with E-state index in [1.54, 1.807) is 0 Å². The molecule has 2 aliphatic heterocycles. The largest absolute Gasteiger partial charge is 0.416 e. The molecule has 27 heavy (non-hydrogen) atoms. The summed E-state index contributed by atoms with van der Waals surface area (Å²) in [5.74, 6) is -0.444. The lowest BCUT2D eigenvalue weighted by atomic mass is 9.87. The Labute approximate surface area is 155 Å². The molecule has 0 aliphatic carbocycles. The van der Waals surface area contributed by atoms with Crippen LogP contribution in [0.4, 0.5) is 30.2 Å². The minimum absolute atomic E-state index is 0.0912. The van der Waals surface area contributed by atoms with Gasteiger partial charge in [-0.2, -0.15) is 13.2 Å². The van der Waals surface area contributed by atoms with E-state index in [2.05, 4.69) is 4.90 Å². The highest BCUT2D eigenvalue weighted by molar-refractivity contribution is 5.81. The molecular formula is C20H20F3N3O. The van der Waals surface area contributed by atoms with Crippen molar-refractivity contribution in [1.82, 2.24) is 0 Å². The third kappa shape index (κ3) is 3.22. The van der Waals surface area contributed by atoms with Gasteiger partial charge in [-0.25, -0.2) is 0 Å². The lowest BCUT2D eigenvalue weighted by molar-refractivity contribution is -0.137. The van der Waals surface area contributed by atoms with Crippen LogP contribution in [0, 0.1) is 5.92 Å². The summed E-state index contributed by atoms with van der Waals surface area (Å²) >= 11 is 0. The number of fused-ring (bicyclic) bond motifs is 3. The predicted octanol–water partition coefficient (Wildman–Crippen LogP) is 3.93. The highest BCUT2D eigenvalue weighted by atomic mass is 19.4. The van der Waals surface area contributed by atoms with Gasteiger partial charge in [-0.05, 0) is 49.2 Å². The third-order valence-electron chi connectivity index (χ3n) is 5.50. The molecule has 1 amide bonds. The standard InChI is InChI=1S/C20H20F3N3O/c21-20(22,23)14-5-7-15(8-6-14)26-12-16-11-13(19(24)27)9-10-25(16)17-3-1-2-4-18(17)26/h1-8,13,16H,9-12H2,(H2,24,27)/t13-,16-/m0/s1. The van der Waals surface area contributed by atoms with Crippen LogP contribution < -0.4 is 15.5 Å². The molecule has 1 saturated heterocycles. The van der Waals surface area contributed by atoms with Crippen molar-refractivity contribution in [2.45, 2.75) is 25.1 Å². The third-order valence-corrected chi connectivity index (χ3v) is 5.50. The summed E-state index contributed by atoms with van der Waals surface area (Å²) in [6, 6.07) is 13.2. The Hall–Kier alpha value is -2.70. The number of halogens is 3. The van der Waals surface area contributed by atoms with Gasteiger partial charge in [-0.1, -0.05) is 12.1 Å². The van der Waals surface area contributed by atoms with Crippen molar-refractivity contribution in [1.29, 1.82) is 0 Å². The Morgan fingerprint density at radius 3 is 2.33 bits per heavy atom. The van der Waals surface area contributed by atoms with Crippen molar-refractivity contribution in [3.05, 3.63) is 54.1 Å². The summed E-state index contributed by atoms with van der Waals surface area (Å²) in [4.78, 5) is 16.0. The molecule has 1 fully saturated rings. The molecule has 2 atom stereocenters. The van der Waals surface area contributed by atoms with Crippen LogP contribution in [0.5, 0.6) is 0 Å². The number of anilines is 3. The molecule has 7 heteroatoms. The van der Waals surface area contributed by atoms with Crippen molar-refractivity contribution >= 4 is 23.0 Å². The van der Waals surface area contributed by atoms with Gasteiger partial charge in [-0.15, -0.1) is 0 Å². The van der Waals surface area contributed by atoms with Gasteiger partial charge in [0.2, 0.25) is 5.91 Å². The summed E-state index contributed by atoms with van der Waals surface area (Å²) in [6.07, 6.45) is -2.98. The van der Waals surface area contributed by atoms with E-state index in [-0.39, 0.29) is 17.9 Å². The van der Waals surface area contributed by atoms with Gasteiger partial charge in [0.15, 0.2) is 0 Å². The van der Waals surface area contributed by atoms with E-state index in [9.17, 15) is 18.0 Å².